The molecule has 0 radical (unpaired) electrons. The van der Waals surface area contributed by atoms with Gasteiger partial charge in [0.25, 0.3) is 0 Å². The second-order valence-electron chi connectivity index (χ2n) is 7.87. The van der Waals surface area contributed by atoms with Gasteiger partial charge >= 0.3 is 0 Å². The van der Waals surface area contributed by atoms with E-state index in [0.29, 0.717) is 16.3 Å². The molecule has 4 nitrogen and oxygen atoms in total. The van der Waals surface area contributed by atoms with E-state index in [2.05, 4.69) is 5.32 Å². The molecule has 0 aliphatic heterocycles. The summed E-state index contributed by atoms with van der Waals surface area (Å²) in [7, 11) is 0. The number of aromatic nitrogens is 1. The lowest BCUT2D eigenvalue weighted by Gasteiger charge is -2.07. The Labute approximate surface area is 202 Å². The van der Waals surface area contributed by atoms with Gasteiger partial charge in [0, 0.05) is 40.6 Å². The number of carbonyl (C=O) groups excluding carboxylic acids is 2. The van der Waals surface area contributed by atoms with Crippen LogP contribution in [0.2, 0.25) is 5.02 Å². The number of carbonyl (C=O) groups is 2. The molecule has 3 aromatic carbocycles. The first-order chi connectivity index (χ1) is 15.9. The van der Waals surface area contributed by atoms with Crippen molar-refractivity contribution in [1.29, 1.82) is 0 Å². The third-order valence-electron chi connectivity index (χ3n) is 5.46. The summed E-state index contributed by atoms with van der Waals surface area (Å²) in [4.78, 5) is 29.6. The first kappa shape index (κ1) is 22.9. The second-order valence-corrected chi connectivity index (χ2v) is 9.13. The fraction of sp³-hybridized carbons (Fsp3) is 0.148. The number of rotatable bonds is 7. The van der Waals surface area contributed by atoms with Crippen molar-refractivity contribution in [2.45, 2.75) is 26.7 Å². The van der Waals surface area contributed by atoms with Crippen molar-refractivity contribution >= 4 is 40.3 Å². The number of halogens is 1. The van der Waals surface area contributed by atoms with Gasteiger partial charge in [-0.15, -0.1) is 11.3 Å². The number of Topliss-reactive ketones (excluding diaryl/α,β-unsaturated/α-hetero) is 1. The Hall–Kier alpha value is -3.28. The number of nitrogens with one attached hydrogen (secondary N) is 1. The second kappa shape index (κ2) is 10.1. The number of thiazole rings is 1. The molecular formula is C27H23ClN2O2S. The topological polar surface area (TPSA) is 59.1 Å². The first-order valence-corrected chi connectivity index (χ1v) is 11.9. The zero-order valence-corrected chi connectivity index (χ0v) is 20.0. The minimum absolute atomic E-state index is 0.0309. The molecule has 1 amide bonds. The molecule has 0 spiro atoms. The molecule has 0 fully saturated rings. The minimum Gasteiger partial charge on any atom is -0.326 e. The number of hydrogen-bond donors (Lipinski definition) is 1. The highest BCUT2D eigenvalue weighted by Gasteiger charge is 2.12. The average molecular weight is 475 g/mol. The van der Waals surface area contributed by atoms with Crippen LogP contribution in [-0.2, 0) is 4.79 Å². The van der Waals surface area contributed by atoms with E-state index in [9.17, 15) is 9.59 Å². The predicted octanol–water partition coefficient (Wildman–Crippen LogP) is 7.35. The minimum atomic E-state index is -0.195. The molecule has 166 valence electrons. The van der Waals surface area contributed by atoms with Gasteiger partial charge in [-0.2, -0.15) is 0 Å². The Morgan fingerprint density at radius 3 is 2.55 bits per heavy atom. The van der Waals surface area contributed by atoms with E-state index >= 15 is 0 Å². The summed E-state index contributed by atoms with van der Waals surface area (Å²) in [6.45, 7) is 3.99. The highest BCUT2D eigenvalue weighted by Crippen LogP contribution is 2.33. The van der Waals surface area contributed by atoms with Crippen LogP contribution in [0, 0.1) is 13.8 Å². The van der Waals surface area contributed by atoms with Gasteiger partial charge in [0.2, 0.25) is 5.91 Å². The quantitative estimate of drug-likeness (QED) is 0.285. The van der Waals surface area contributed by atoms with Crippen molar-refractivity contribution in [3.63, 3.8) is 0 Å². The van der Waals surface area contributed by atoms with Gasteiger partial charge in [0.15, 0.2) is 5.78 Å². The molecular weight excluding hydrogens is 452 g/mol. The largest absolute Gasteiger partial charge is 0.326 e. The highest BCUT2D eigenvalue weighted by molar-refractivity contribution is 7.13. The molecule has 0 atom stereocenters. The van der Waals surface area contributed by atoms with E-state index < -0.39 is 0 Å². The van der Waals surface area contributed by atoms with Crippen LogP contribution in [0.3, 0.4) is 0 Å². The molecule has 0 aliphatic rings. The highest BCUT2D eigenvalue weighted by atomic mass is 35.5. The standard InChI is InChI=1S/C27H23ClN2O2S/c1-17-10-11-20(14-18(17)2)25(31)12-13-26(32)29-21-7-5-6-19(15-21)24-16-33-27(30-24)22-8-3-4-9-23(22)28/h3-11,14-16H,12-13H2,1-2H3,(H,29,32). The van der Waals surface area contributed by atoms with Gasteiger partial charge in [-0.25, -0.2) is 4.98 Å². The van der Waals surface area contributed by atoms with Crippen LogP contribution in [0.25, 0.3) is 21.8 Å². The molecule has 6 heteroatoms. The van der Waals surface area contributed by atoms with Crippen molar-refractivity contribution in [2.75, 3.05) is 5.32 Å². The lowest BCUT2D eigenvalue weighted by Crippen LogP contribution is -2.13. The summed E-state index contributed by atoms with van der Waals surface area (Å²) >= 11 is 7.82. The average Bonchev–Trinajstić information content (AvgIpc) is 3.30. The molecule has 4 aromatic rings. The maximum absolute atomic E-state index is 12.5. The lowest BCUT2D eigenvalue weighted by molar-refractivity contribution is -0.116. The Morgan fingerprint density at radius 1 is 0.939 bits per heavy atom. The zero-order chi connectivity index (χ0) is 23.4. The number of benzene rings is 3. The zero-order valence-electron chi connectivity index (χ0n) is 18.4. The number of ketones is 1. The van der Waals surface area contributed by atoms with Crippen molar-refractivity contribution in [3.05, 3.63) is 93.8 Å². The van der Waals surface area contributed by atoms with Crippen molar-refractivity contribution in [3.8, 4) is 21.8 Å². The molecule has 1 heterocycles. The van der Waals surface area contributed by atoms with Gasteiger partial charge in [0.1, 0.15) is 5.01 Å². The van der Waals surface area contributed by atoms with E-state index in [1.54, 1.807) is 0 Å². The molecule has 1 N–H and O–H groups in total. The summed E-state index contributed by atoms with van der Waals surface area (Å²) in [5, 5.41) is 6.37. The number of anilines is 1. The van der Waals surface area contributed by atoms with E-state index in [0.717, 1.165) is 33.0 Å². The van der Waals surface area contributed by atoms with Gasteiger partial charge in [-0.3, -0.25) is 9.59 Å². The molecule has 0 saturated heterocycles. The third kappa shape index (κ3) is 5.56. The molecule has 0 bridgehead atoms. The van der Waals surface area contributed by atoms with E-state index in [-0.39, 0.29) is 24.5 Å². The summed E-state index contributed by atoms with van der Waals surface area (Å²) in [5.74, 6) is -0.226. The monoisotopic (exact) mass is 474 g/mol. The van der Waals surface area contributed by atoms with Gasteiger partial charge < -0.3 is 5.32 Å². The predicted molar refractivity (Wildman–Crippen MR) is 136 cm³/mol. The smallest absolute Gasteiger partial charge is 0.224 e. The van der Waals surface area contributed by atoms with Crippen LogP contribution in [0.1, 0.15) is 34.3 Å². The maximum atomic E-state index is 12.5. The van der Waals surface area contributed by atoms with Gasteiger partial charge in [-0.05, 0) is 49.2 Å². The van der Waals surface area contributed by atoms with E-state index in [4.69, 9.17) is 16.6 Å². The Bertz CT molecular complexity index is 1330. The van der Waals surface area contributed by atoms with Crippen LogP contribution < -0.4 is 5.32 Å². The normalized spacial score (nSPS) is 10.8. The summed E-state index contributed by atoms with van der Waals surface area (Å²) in [5.41, 5.74) is 6.14. The summed E-state index contributed by atoms with van der Waals surface area (Å²) in [6.07, 6.45) is 0.296. The lowest BCUT2D eigenvalue weighted by atomic mass is 10.0. The summed E-state index contributed by atoms with van der Waals surface area (Å²) < 4.78 is 0. The molecule has 4 rings (SSSR count). The van der Waals surface area contributed by atoms with Crippen molar-refractivity contribution in [2.24, 2.45) is 0 Å². The number of aryl methyl sites for hydroxylation is 2. The van der Waals surface area contributed by atoms with Crippen LogP contribution in [0.4, 0.5) is 5.69 Å². The van der Waals surface area contributed by atoms with Crippen LogP contribution in [-0.4, -0.2) is 16.7 Å². The Balaban J connectivity index is 1.40. The molecule has 1 aromatic heterocycles. The SMILES string of the molecule is Cc1ccc(C(=O)CCC(=O)Nc2cccc(-c3csc(-c4ccccc4Cl)n3)c2)cc1C. The summed E-state index contributed by atoms with van der Waals surface area (Å²) in [6, 6.07) is 20.8. The number of amides is 1. The molecule has 33 heavy (non-hydrogen) atoms. The fourth-order valence-corrected chi connectivity index (χ4v) is 4.58. The molecule has 0 aliphatic carbocycles. The van der Waals surface area contributed by atoms with Crippen LogP contribution >= 0.6 is 22.9 Å². The van der Waals surface area contributed by atoms with Gasteiger partial charge in [-0.1, -0.05) is 54.1 Å². The van der Waals surface area contributed by atoms with Crippen LogP contribution in [0.15, 0.2) is 72.1 Å². The Morgan fingerprint density at radius 2 is 1.76 bits per heavy atom. The fourth-order valence-electron chi connectivity index (χ4n) is 3.43. The van der Waals surface area contributed by atoms with Gasteiger partial charge in [0.05, 0.1) is 10.7 Å². The molecule has 0 saturated carbocycles. The maximum Gasteiger partial charge on any atom is 0.224 e. The van der Waals surface area contributed by atoms with E-state index in [1.807, 2.05) is 86.0 Å². The van der Waals surface area contributed by atoms with Crippen molar-refractivity contribution in [1.82, 2.24) is 4.98 Å². The first-order valence-electron chi connectivity index (χ1n) is 10.6. The van der Waals surface area contributed by atoms with E-state index in [1.165, 1.54) is 11.3 Å². The van der Waals surface area contributed by atoms with Crippen LogP contribution in [0.5, 0.6) is 0 Å². The Kier molecular flexibility index (Phi) is 7.02. The number of hydrogen-bond acceptors (Lipinski definition) is 4. The number of nitrogens with zero attached hydrogens (tertiary/aromatic N) is 1. The third-order valence-corrected chi connectivity index (χ3v) is 6.66. The molecule has 0 unspecified atom stereocenters. The van der Waals surface area contributed by atoms with Crippen molar-refractivity contribution < 1.29 is 9.59 Å².